The molecule has 0 fully saturated rings. The van der Waals surface area contributed by atoms with Crippen LogP contribution < -0.4 is 0 Å². The third-order valence-electron chi connectivity index (χ3n) is 3.03. The Morgan fingerprint density at radius 2 is 2.07 bits per heavy atom. The van der Waals surface area contributed by atoms with Crippen LogP contribution in [-0.2, 0) is 9.47 Å². The van der Waals surface area contributed by atoms with E-state index in [4.69, 9.17) is 9.47 Å². The number of ether oxygens (including phenoxy) is 2. The molecule has 2 nitrogen and oxygen atoms in total. The molecule has 0 saturated heterocycles. The van der Waals surface area contributed by atoms with Crippen LogP contribution in [0.3, 0.4) is 0 Å². The van der Waals surface area contributed by atoms with Crippen LogP contribution in [-0.4, -0.2) is 20.5 Å². The summed E-state index contributed by atoms with van der Waals surface area (Å²) in [7, 11) is 3.39. The molecule has 1 aliphatic carbocycles. The van der Waals surface area contributed by atoms with E-state index in [2.05, 4.69) is 25.7 Å². The minimum atomic E-state index is -0.127. The van der Waals surface area contributed by atoms with Gasteiger partial charge in [0.1, 0.15) is 0 Å². The average molecular weight is 196 g/mol. The van der Waals surface area contributed by atoms with Crippen LogP contribution in [0, 0.1) is 17.8 Å². The largest absolute Gasteiger partial charge is 0.356 e. The summed E-state index contributed by atoms with van der Waals surface area (Å²) >= 11 is 0. The molecule has 0 N–H and O–H groups in total. The molecule has 0 aromatic carbocycles. The second-order valence-corrected chi connectivity index (χ2v) is 3.84. The summed E-state index contributed by atoms with van der Waals surface area (Å²) in [6.07, 6.45) is 7.38. The first-order valence-corrected chi connectivity index (χ1v) is 5.09. The maximum atomic E-state index is 5.34. The first-order valence-electron chi connectivity index (χ1n) is 5.09. The van der Waals surface area contributed by atoms with E-state index in [1.807, 2.05) is 6.08 Å². The molecule has 0 saturated carbocycles. The number of rotatable bonds is 4. The maximum Gasteiger partial charge on any atom is 0.160 e. The molecule has 1 aliphatic rings. The van der Waals surface area contributed by atoms with Gasteiger partial charge in [-0.3, -0.25) is 0 Å². The fraction of sp³-hybridized carbons (Fsp3) is 0.667. The highest BCUT2D eigenvalue weighted by atomic mass is 16.7. The summed E-state index contributed by atoms with van der Waals surface area (Å²) in [5.41, 5.74) is 0. The van der Waals surface area contributed by atoms with Crippen molar-refractivity contribution in [3.63, 3.8) is 0 Å². The summed E-state index contributed by atoms with van der Waals surface area (Å²) in [6, 6.07) is 0. The Labute approximate surface area is 86.6 Å². The molecule has 1 unspecified atom stereocenters. The third kappa shape index (κ3) is 2.25. The molecule has 0 aromatic rings. The van der Waals surface area contributed by atoms with Crippen molar-refractivity contribution in [2.45, 2.75) is 19.6 Å². The van der Waals surface area contributed by atoms with Gasteiger partial charge < -0.3 is 9.47 Å². The van der Waals surface area contributed by atoms with Gasteiger partial charge >= 0.3 is 0 Å². The van der Waals surface area contributed by atoms with Crippen molar-refractivity contribution in [3.05, 3.63) is 24.8 Å². The third-order valence-corrected chi connectivity index (χ3v) is 3.03. The summed E-state index contributed by atoms with van der Waals surface area (Å²) in [6.45, 7) is 6.07. The van der Waals surface area contributed by atoms with Crippen LogP contribution in [0.1, 0.15) is 13.3 Å². The lowest BCUT2D eigenvalue weighted by Gasteiger charge is -2.35. The zero-order valence-corrected chi connectivity index (χ0v) is 9.27. The van der Waals surface area contributed by atoms with Crippen LogP contribution in [0.15, 0.2) is 24.8 Å². The predicted molar refractivity (Wildman–Crippen MR) is 57.9 cm³/mol. The molecular formula is C12H20O2. The van der Waals surface area contributed by atoms with Gasteiger partial charge in [-0.05, 0) is 18.3 Å². The zero-order chi connectivity index (χ0) is 10.6. The number of hydrogen-bond donors (Lipinski definition) is 0. The summed E-state index contributed by atoms with van der Waals surface area (Å²) in [5.74, 6) is 1.32. The van der Waals surface area contributed by atoms with Crippen molar-refractivity contribution in [1.29, 1.82) is 0 Å². The molecule has 0 bridgehead atoms. The zero-order valence-electron chi connectivity index (χ0n) is 9.27. The van der Waals surface area contributed by atoms with Gasteiger partial charge in [-0.2, -0.15) is 0 Å². The summed E-state index contributed by atoms with van der Waals surface area (Å²) < 4.78 is 10.7. The topological polar surface area (TPSA) is 18.5 Å². The van der Waals surface area contributed by atoms with Gasteiger partial charge in [-0.25, -0.2) is 0 Å². The van der Waals surface area contributed by atoms with Crippen LogP contribution in [0.4, 0.5) is 0 Å². The first kappa shape index (κ1) is 11.5. The first-order chi connectivity index (χ1) is 6.74. The van der Waals surface area contributed by atoms with E-state index >= 15 is 0 Å². The second-order valence-electron chi connectivity index (χ2n) is 3.84. The van der Waals surface area contributed by atoms with Gasteiger partial charge in [0.05, 0.1) is 0 Å². The lowest BCUT2D eigenvalue weighted by molar-refractivity contribution is -0.154. The predicted octanol–water partition coefficient (Wildman–Crippen LogP) is 2.62. The highest BCUT2D eigenvalue weighted by molar-refractivity contribution is 5.04. The van der Waals surface area contributed by atoms with Crippen molar-refractivity contribution >= 4 is 0 Å². The minimum Gasteiger partial charge on any atom is -0.356 e. The van der Waals surface area contributed by atoms with Gasteiger partial charge in [-0.15, -0.1) is 6.58 Å². The quantitative estimate of drug-likeness (QED) is 0.508. The highest BCUT2D eigenvalue weighted by Crippen LogP contribution is 2.34. The Morgan fingerprint density at radius 3 is 2.57 bits per heavy atom. The van der Waals surface area contributed by atoms with Crippen LogP contribution in [0.2, 0.25) is 0 Å². The molecule has 1 rings (SSSR count). The van der Waals surface area contributed by atoms with E-state index < -0.39 is 0 Å². The summed E-state index contributed by atoms with van der Waals surface area (Å²) in [5, 5.41) is 0. The highest BCUT2D eigenvalue weighted by Gasteiger charge is 2.33. The van der Waals surface area contributed by atoms with E-state index in [1.54, 1.807) is 14.2 Å². The SMILES string of the molecule is C=C[C@H]1CC=C[C@@H](C)C1C(OC)OC. The smallest absolute Gasteiger partial charge is 0.160 e. The Kier molecular flexibility index (Phi) is 4.36. The Hall–Kier alpha value is -0.600. The van der Waals surface area contributed by atoms with Crippen molar-refractivity contribution in [1.82, 2.24) is 0 Å². The Morgan fingerprint density at radius 1 is 1.43 bits per heavy atom. The van der Waals surface area contributed by atoms with Crippen molar-refractivity contribution < 1.29 is 9.47 Å². The molecule has 0 aromatic heterocycles. The van der Waals surface area contributed by atoms with Crippen molar-refractivity contribution in [3.8, 4) is 0 Å². The Balaban J connectivity index is 2.79. The standard InChI is InChI=1S/C12H20O2/c1-5-10-8-6-7-9(2)11(10)12(13-3)14-4/h5-7,9-12H,1,8H2,2-4H3/t9-,10+,11?/m1/s1. The normalized spacial score (nSPS) is 32.1. The second kappa shape index (κ2) is 5.32. The Bertz CT molecular complexity index is 206. The molecule has 3 atom stereocenters. The molecule has 14 heavy (non-hydrogen) atoms. The number of hydrogen-bond acceptors (Lipinski definition) is 2. The van der Waals surface area contributed by atoms with Crippen LogP contribution in [0.5, 0.6) is 0 Å². The molecule has 80 valence electrons. The average Bonchev–Trinajstić information content (AvgIpc) is 2.22. The summed E-state index contributed by atoms with van der Waals surface area (Å²) in [4.78, 5) is 0. The van der Waals surface area contributed by atoms with Crippen molar-refractivity contribution in [2.24, 2.45) is 17.8 Å². The van der Waals surface area contributed by atoms with Gasteiger partial charge in [0.15, 0.2) is 6.29 Å². The fourth-order valence-electron chi connectivity index (χ4n) is 2.24. The molecule has 0 heterocycles. The molecule has 0 spiro atoms. The molecule has 0 radical (unpaired) electrons. The number of allylic oxidation sites excluding steroid dienone is 3. The van der Waals surface area contributed by atoms with Crippen LogP contribution >= 0.6 is 0 Å². The van der Waals surface area contributed by atoms with Crippen LogP contribution in [0.25, 0.3) is 0 Å². The van der Waals surface area contributed by atoms with E-state index in [9.17, 15) is 0 Å². The van der Waals surface area contributed by atoms with Gasteiger partial charge in [0, 0.05) is 20.1 Å². The molecular weight excluding hydrogens is 176 g/mol. The lowest BCUT2D eigenvalue weighted by Crippen LogP contribution is -2.36. The fourth-order valence-corrected chi connectivity index (χ4v) is 2.24. The van der Waals surface area contributed by atoms with Gasteiger partial charge in [0.25, 0.3) is 0 Å². The van der Waals surface area contributed by atoms with E-state index in [0.717, 1.165) is 6.42 Å². The lowest BCUT2D eigenvalue weighted by atomic mass is 9.76. The minimum absolute atomic E-state index is 0.127. The van der Waals surface area contributed by atoms with E-state index in [1.165, 1.54) is 0 Å². The molecule has 0 amide bonds. The van der Waals surface area contributed by atoms with E-state index in [-0.39, 0.29) is 6.29 Å². The molecule has 0 aliphatic heterocycles. The monoisotopic (exact) mass is 196 g/mol. The van der Waals surface area contributed by atoms with Crippen molar-refractivity contribution in [2.75, 3.05) is 14.2 Å². The van der Waals surface area contributed by atoms with Gasteiger partial charge in [0.2, 0.25) is 0 Å². The van der Waals surface area contributed by atoms with Gasteiger partial charge in [-0.1, -0.05) is 25.2 Å². The van der Waals surface area contributed by atoms with E-state index in [0.29, 0.717) is 17.8 Å². The molecule has 2 heteroatoms. The number of methoxy groups -OCH3 is 2. The maximum absolute atomic E-state index is 5.34.